The SMILES string of the molecule is O=C(NCCCc1nc2ccccc2[nH]1)C1CCCN1C(=O)c1ccco1. The lowest BCUT2D eigenvalue weighted by Gasteiger charge is -2.23. The fraction of sp³-hybridized carbons (Fsp3) is 0.350. The number of nitrogens with zero attached hydrogens (tertiary/aromatic N) is 2. The number of rotatable bonds is 6. The first kappa shape index (κ1) is 17.3. The number of imidazole rings is 1. The fourth-order valence-corrected chi connectivity index (χ4v) is 3.53. The average Bonchev–Trinajstić information content (AvgIpc) is 3.44. The minimum Gasteiger partial charge on any atom is -0.459 e. The van der Waals surface area contributed by atoms with Gasteiger partial charge in [0.2, 0.25) is 5.91 Å². The molecule has 1 unspecified atom stereocenters. The number of carbonyl (C=O) groups excluding carboxylic acids is 2. The summed E-state index contributed by atoms with van der Waals surface area (Å²) < 4.78 is 5.17. The average molecular weight is 366 g/mol. The van der Waals surface area contributed by atoms with E-state index in [9.17, 15) is 9.59 Å². The molecule has 0 bridgehead atoms. The Labute approximate surface area is 156 Å². The highest BCUT2D eigenvalue weighted by atomic mass is 16.3. The third-order valence-corrected chi connectivity index (χ3v) is 4.88. The summed E-state index contributed by atoms with van der Waals surface area (Å²) in [6, 6.07) is 10.8. The number of para-hydroxylation sites is 2. The first-order valence-electron chi connectivity index (χ1n) is 9.28. The highest BCUT2D eigenvalue weighted by Gasteiger charge is 2.35. The monoisotopic (exact) mass is 366 g/mol. The van der Waals surface area contributed by atoms with E-state index in [1.54, 1.807) is 17.0 Å². The molecule has 0 saturated carbocycles. The van der Waals surface area contributed by atoms with Gasteiger partial charge in [-0.2, -0.15) is 0 Å². The van der Waals surface area contributed by atoms with Crippen LogP contribution in [0.5, 0.6) is 0 Å². The Hall–Kier alpha value is -3.09. The molecule has 1 saturated heterocycles. The van der Waals surface area contributed by atoms with E-state index in [1.165, 1.54) is 6.26 Å². The first-order chi connectivity index (χ1) is 13.2. The zero-order chi connectivity index (χ0) is 18.6. The molecule has 0 spiro atoms. The molecule has 0 radical (unpaired) electrons. The van der Waals surface area contributed by atoms with Gasteiger partial charge in [-0.05, 0) is 43.5 Å². The molecule has 1 aliphatic rings. The quantitative estimate of drug-likeness (QED) is 0.656. The molecule has 2 N–H and O–H groups in total. The van der Waals surface area contributed by atoms with Crippen molar-refractivity contribution in [3.05, 3.63) is 54.2 Å². The lowest BCUT2D eigenvalue weighted by atomic mass is 10.2. The van der Waals surface area contributed by atoms with Crippen LogP contribution < -0.4 is 5.32 Å². The number of nitrogens with one attached hydrogen (secondary N) is 2. The van der Waals surface area contributed by atoms with Gasteiger partial charge in [0.1, 0.15) is 11.9 Å². The Morgan fingerprint density at radius 2 is 2.15 bits per heavy atom. The minimum absolute atomic E-state index is 0.1000. The van der Waals surface area contributed by atoms with Crippen LogP contribution in [0.2, 0.25) is 0 Å². The van der Waals surface area contributed by atoms with Gasteiger partial charge in [0, 0.05) is 19.5 Å². The predicted molar refractivity (Wildman–Crippen MR) is 100 cm³/mol. The highest BCUT2D eigenvalue weighted by molar-refractivity contribution is 5.95. The molecule has 2 amide bonds. The molecular formula is C20H22N4O3. The Morgan fingerprint density at radius 3 is 2.96 bits per heavy atom. The normalized spacial score (nSPS) is 16.7. The van der Waals surface area contributed by atoms with Crippen molar-refractivity contribution < 1.29 is 14.0 Å². The molecule has 140 valence electrons. The zero-order valence-electron chi connectivity index (χ0n) is 15.0. The molecule has 0 aliphatic carbocycles. The van der Waals surface area contributed by atoms with E-state index in [0.29, 0.717) is 19.5 Å². The van der Waals surface area contributed by atoms with Crippen molar-refractivity contribution in [2.75, 3.05) is 13.1 Å². The lowest BCUT2D eigenvalue weighted by molar-refractivity contribution is -0.124. The van der Waals surface area contributed by atoms with Crippen molar-refractivity contribution >= 4 is 22.8 Å². The number of H-pyrrole nitrogens is 1. The second kappa shape index (κ2) is 7.65. The van der Waals surface area contributed by atoms with Crippen LogP contribution >= 0.6 is 0 Å². The molecular weight excluding hydrogens is 344 g/mol. The van der Waals surface area contributed by atoms with Gasteiger partial charge in [0.05, 0.1) is 17.3 Å². The highest BCUT2D eigenvalue weighted by Crippen LogP contribution is 2.20. The molecule has 4 rings (SSSR count). The summed E-state index contributed by atoms with van der Waals surface area (Å²) in [6.45, 7) is 1.13. The van der Waals surface area contributed by atoms with E-state index in [0.717, 1.165) is 36.1 Å². The molecule has 1 aliphatic heterocycles. The summed E-state index contributed by atoms with van der Waals surface area (Å²) in [6.07, 6.45) is 4.51. The first-order valence-corrected chi connectivity index (χ1v) is 9.28. The lowest BCUT2D eigenvalue weighted by Crippen LogP contribution is -2.46. The van der Waals surface area contributed by atoms with Gasteiger partial charge in [-0.1, -0.05) is 12.1 Å². The Kier molecular flexibility index (Phi) is 4.91. The van der Waals surface area contributed by atoms with Crippen molar-refractivity contribution in [2.24, 2.45) is 0 Å². The summed E-state index contributed by atoms with van der Waals surface area (Å²) in [7, 11) is 0. The van der Waals surface area contributed by atoms with E-state index in [4.69, 9.17) is 4.42 Å². The van der Waals surface area contributed by atoms with E-state index >= 15 is 0 Å². The zero-order valence-corrected chi connectivity index (χ0v) is 15.0. The van der Waals surface area contributed by atoms with Gasteiger partial charge in [-0.25, -0.2) is 4.98 Å². The van der Waals surface area contributed by atoms with Crippen LogP contribution in [-0.2, 0) is 11.2 Å². The van der Waals surface area contributed by atoms with Gasteiger partial charge in [0.25, 0.3) is 5.91 Å². The summed E-state index contributed by atoms with van der Waals surface area (Å²) in [4.78, 5) is 34.4. The Morgan fingerprint density at radius 1 is 1.26 bits per heavy atom. The summed E-state index contributed by atoms with van der Waals surface area (Å²) in [5, 5.41) is 2.95. The number of carbonyl (C=O) groups is 2. The van der Waals surface area contributed by atoms with E-state index in [-0.39, 0.29) is 17.6 Å². The maximum absolute atomic E-state index is 12.5. The molecule has 3 heterocycles. The number of aromatic amines is 1. The molecule has 7 heteroatoms. The Balaban J connectivity index is 1.28. The number of amides is 2. The number of aromatic nitrogens is 2. The second-order valence-corrected chi connectivity index (χ2v) is 6.73. The molecule has 1 fully saturated rings. The van der Waals surface area contributed by atoms with Crippen LogP contribution in [0, 0.1) is 0 Å². The van der Waals surface area contributed by atoms with Gasteiger partial charge >= 0.3 is 0 Å². The Bertz CT molecular complexity index is 899. The van der Waals surface area contributed by atoms with Gasteiger partial charge in [-0.15, -0.1) is 0 Å². The number of likely N-dealkylation sites (tertiary alicyclic amines) is 1. The van der Waals surface area contributed by atoms with Crippen LogP contribution in [0.1, 0.15) is 35.6 Å². The van der Waals surface area contributed by atoms with Crippen LogP contribution in [-0.4, -0.2) is 45.8 Å². The smallest absolute Gasteiger partial charge is 0.290 e. The molecule has 27 heavy (non-hydrogen) atoms. The van der Waals surface area contributed by atoms with E-state index < -0.39 is 6.04 Å². The van der Waals surface area contributed by atoms with Crippen molar-refractivity contribution in [3.8, 4) is 0 Å². The standard InChI is InChI=1S/C20H22N4O3/c25-19(16-8-4-12-24(16)20(26)17-9-5-13-27-17)21-11-3-10-18-22-14-6-1-2-7-15(14)23-18/h1-2,5-7,9,13,16H,3-4,8,10-12H2,(H,21,25)(H,22,23). The van der Waals surface area contributed by atoms with Crippen LogP contribution in [0.25, 0.3) is 11.0 Å². The van der Waals surface area contributed by atoms with E-state index in [1.807, 2.05) is 24.3 Å². The third-order valence-electron chi connectivity index (χ3n) is 4.88. The summed E-state index contributed by atoms with van der Waals surface area (Å²) >= 11 is 0. The van der Waals surface area contributed by atoms with Crippen LogP contribution in [0.4, 0.5) is 0 Å². The molecule has 1 aromatic carbocycles. The van der Waals surface area contributed by atoms with Crippen LogP contribution in [0.15, 0.2) is 47.1 Å². The summed E-state index contributed by atoms with van der Waals surface area (Å²) in [5.74, 6) is 0.873. The maximum Gasteiger partial charge on any atom is 0.290 e. The van der Waals surface area contributed by atoms with Crippen LogP contribution in [0.3, 0.4) is 0 Å². The fourth-order valence-electron chi connectivity index (χ4n) is 3.53. The molecule has 1 atom stereocenters. The largest absolute Gasteiger partial charge is 0.459 e. The van der Waals surface area contributed by atoms with Crippen molar-refractivity contribution in [1.29, 1.82) is 0 Å². The molecule has 3 aromatic rings. The number of furan rings is 1. The number of hydrogen-bond acceptors (Lipinski definition) is 4. The predicted octanol–water partition coefficient (Wildman–Crippen LogP) is 2.51. The molecule has 7 nitrogen and oxygen atoms in total. The third kappa shape index (κ3) is 3.72. The van der Waals surface area contributed by atoms with Crippen molar-refractivity contribution in [2.45, 2.75) is 31.7 Å². The number of benzene rings is 1. The number of aryl methyl sites for hydroxylation is 1. The van der Waals surface area contributed by atoms with Gasteiger partial charge < -0.3 is 19.6 Å². The summed E-state index contributed by atoms with van der Waals surface area (Å²) in [5.41, 5.74) is 1.98. The molecule has 2 aromatic heterocycles. The second-order valence-electron chi connectivity index (χ2n) is 6.73. The van der Waals surface area contributed by atoms with Gasteiger partial charge in [-0.3, -0.25) is 9.59 Å². The van der Waals surface area contributed by atoms with Crippen molar-refractivity contribution in [3.63, 3.8) is 0 Å². The maximum atomic E-state index is 12.5. The van der Waals surface area contributed by atoms with Crippen molar-refractivity contribution in [1.82, 2.24) is 20.2 Å². The topological polar surface area (TPSA) is 91.2 Å². The minimum atomic E-state index is -0.422. The van der Waals surface area contributed by atoms with Gasteiger partial charge in [0.15, 0.2) is 5.76 Å². The number of fused-ring (bicyclic) bond motifs is 1. The van der Waals surface area contributed by atoms with E-state index in [2.05, 4.69) is 15.3 Å². The number of hydrogen-bond donors (Lipinski definition) is 2.